The molecule has 0 aliphatic carbocycles. The highest BCUT2D eigenvalue weighted by atomic mass is 16.6. The van der Waals surface area contributed by atoms with E-state index < -0.39 is 70.5 Å². The standard InChI is InChI=1S/C41H57N3O11/c1-10-33(45)54-31(28(4)23-32(51-9)41(50)29(5)36(47)44(8)40(41)25-52-38(40)49)21-17-14-18-22-43-37(48)39(6,7)35(55-34(46)11-2)27(3)19-15-12-13-16-20-30-24-42-26-53-30/h12-19,21,24,26,28-29,31-32,35,50H,10-11,20,22-23,25H2,1-9H3,(H,43,48)/b15-12-,16-13+,18-14+,21-17+,27-19-/t28-,29+,31+,32+,35-,40-,41-/m1/s1. The van der Waals surface area contributed by atoms with Crippen LogP contribution in [0.3, 0.4) is 0 Å². The molecule has 2 saturated heterocycles. The molecule has 3 heterocycles. The average molecular weight is 768 g/mol. The second-order valence-corrected chi connectivity index (χ2v) is 14.5. The van der Waals surface area contributed by atoms with Crippen LogP contribution >= 0.6 is 0 Å². The van der Waals surface area contributed by atoms with E-state index in [1.807, 2.05) is 25.2 Å². The third kappa shape index (κ3) is 9.90. The van der Waals surface area contributed by atoms with Crippen LogP contribution in [0.15, 0.2) is 77.3 Å². The fraction of sp³-hybridized carbons (Fsp3) is 0.561. The van der Waals surface area contributed by atoms with Crippen molar-refractivity contribution >= 4 is 29.7 Å². The van der Waals surface area contributed by atoms with Crippen LogP contribution in [0.4, 0.5) is 0 Å². The van der Waals surface area contributed by atoms with Gasteiger partial charge in [-0.15, -0.1) is 0 Å². The van der Waals surface area contributed by atoms with Gasteiger partial charge in [-0.1, -0.05) is 76.3 Å². The number of amides is 2. The molecule has 302 valence electrons. The molecule has 2 aliphatic heterocycles. The summed E-state index contributed by atoms with van der Waals surface area (Å²) < 4.78 is 27.5. The number of cyclic esters (lactones) is 1. The summed E-state index contributed by atoms with van der Waals surface area (Å²) in [5.74, 6) is -2.91. The molecule has 7 atom stereocenters. The lowest BCUT2D eigenvalue weighted by Crippen LogP contribution is -2.76. The maximum Gasteiger partial charge on any atom is 0.338 e. The third-order valence-corrected chi connectivity index (χ3v) is 10.5. The molecule has 14 nitrogen and oxygen atoms in total. The number of nitrogens with zero attached hydrogens (tertiary/aromatic N) is 2. The number of carbonyl (C=O) groups is 5. The highest BCUT2D eigenvalue weighted by Crippen LogP contribution is 2.51. The van der Waals surface area contributed by atoms with Gasteiger partial charge in [0.15, 0.2) is 6.39 Å². The number of hydrogen-bond donors (Lipinski definition) is 2. The van der Waals surface area contributed by atoms with Gasteiger partial charge < -0.3 is 38.7 Å². The lowest BCUT2D eigenvalue weighted by molar-refractivity contribution is -0.235. The molecule has 0 radical (unpaired) electrons. The molecule has 2 amide bonds. The van der Waals surface area contributed by atoms with Crippen molar-refractivity contribution in [2.75, 3.05) is 27.3 Å². The second kappa shape index (κ2) is 19.7. The van der Waals surface area contributed by atoms with Crippen LogP contribution in [0, 0.1) is 17.3 Å². The molecule has 0 aromatic carbocycles. The first-order chi connectivity index (χ1) is 26.0. The molecule has 55 heavy (non-hydrogen) atoms. The number of esters is 3. The van der Waals surface area contributed by atoms with E-state index in [1.54, 1.807) is 84.2 Å². The van der Waals surface area contributed by atoms with Crippen molar-refractivity contribution in [3.05, 3.63) is 78.6 Å². The van der Waals surface area contributed by atoms with Crippen LogP contribution in [0.2, 0.25) is 0 Å². The van der Waals surface area contributed by atoms with Crippen molar-refractivity contribution in [3.8, 4) is 0 Å². The van der Waals surface area contributed by atoms with E-state index in [2.05, 4.69) is 10.3 Å². The molecule has 2 N–H and O–H groups in total. The number of likely N-dealkylation sites (tertiary alicyclic amines) is 1. The Kier molecular flexibility index (Phi) is 15.9. The van der Waals surface area contributed by atoms with Crippen molar-refractivity contribution in [2.24, 2.45) is 17.3 Å². The minimum atomic E-state index is -1.89. The summed E-state index contributed by atoms with van der Waals surface area (Å²) in [4.78, 5) is 69.1. The number of allylic oxidation sites excluding steroid dienone is 7. The Bertz CT molecular complexity index is 1660. The Morgan fingerprint density at radius 2 is 1.76 bits per heavy atom. The van der Waals surface area contributed by atoms with Crippen molar-refractivity contribution < 1.29 is 52.4 Å². The molecule has 3 rings (SSSR count). The number of aromatic nitrogens is 1. The van der Waals surface area contributed by atoms with Gasteiger partial charge in [0.1, 0.15) is 30.2 Å². The molecule has 14 heteroatoms. The summed E-state index contributed by atoms with van der Waals surface area (Å²) in [6.45, 7) is 12.0. The van der Waals surface area contributed by atoms with Crippen molar-refractivity contribution in [3.63, 3.8) is 0 Å². The zero-order valence-electron chi connectivity index (χ0n) is 33.4. The number of methoxy groups -OCH3 is 1. The van der Waals surface area contributed by atoms with Crippen LogP contribution in [0.1, 0.15) is 73.5 Å². The maximum absolute atomic E-state index is 13.4. The van der Waals surface area contributed by atoms with E-state index in [4.69, 9.17) is 23.4 Å². The number of rotatable bonds is 20. The first-order valence-corrected chi connectivity index (χ1v) is 18.6. The first-order valence-electron chi connectivity index (χ1n) is 18.6. The first kappa shape index (κ1) is 44.6. The van der Waals surface area contributed by atoms with Gasteiger partial charge in [0.25, 0.3) is 0 Å². The summed E-state index contributed by atoms with van der Waals surface area (Å²) in [6.07, 6.45) is 17.5. The highest BCUT2D eigenvalue weighted by molar-refractivity contribution is 5.99. The number of carbonyl (C=O) groups excluding carboxylic acids is 5. The normalized spacial score (nSPS) is 24.1. The summed E-state index contributed by atoms with van der Waals surface area (Å²) >= 11 is 0. The molecule has 0 saturated carbocycles. The average Bonchev–Trinajstić information content (AvgIpc) is 3.74. The Morgan fingerprint density at radius 1 is 1.09 bits per heavy atom. The Balaban J connectivity index is 1.67. The highest BCUT2D eigenvalue weighted by Gasteiger charge is 2.77. The number of nitrogens with one attached hydrogen (secondary N) is 1. The molecular formula is C41H57N3O11. The quantitative estimate of drug-likeness (QED) is 0.109. The zero-order valence-corrected chi connectivity index (χ0v) is 33.4. The Hall–Kier alpha value is -4.82. The SMILES string of the molecule is CCC(=O)O[C@@H](/C=C/C=C/CNC(=O)C(C)(C)[C@H](OC(=O)CC)\C(C)=C/C=C\C=C\Cc1cnco1)[C@H](C)C[C@H](OC)[C@]1(O)[C@@H](C)C(=O)N(C)[C@@]12COC2=O. The molecule has 1 aromatic heterocycles. The monoisotopic (exact) mass is 767 g/mol. The molecule has 2 aliphatic rings. The summed E-state index contributed by atoms with van der Waals surface area (Å²) in [6, 6.07) is 0. The lowest BCUT2D eigenvalue weighted by atomic mass is 9.68. The minimum absolute atomic E-state index is 0.138. The smallest absolute Gasteiger partial charge is 0.338 e. The number of ether oxygens (including phenoxy) is 4. The van der Waals surface area contributed by atoms with Gasteiger partial charge in [-0.25, -0.2) is 9.78 Å². The predicted molar refractivity (Wildman–Crippen MR) is 203 cm³/mol. The van der Waals surface area contributed by atoms with Gasteiger partial charge >= 0.3 is 17.9 Å². The topological polar surface area (TPSA) is 184 Å². The fourth-order valence-corrected chi connectivity index (χ4v) is 6.93. The van der Waals surface area contributed by atoms with Gasteiger partial charge in [0.2, 0.25) is 17.4 Å². The molecular weight excluding hydrogens is 710 g/mol. The van der Waals surface area contributed by atoms with Gasteiger partial charge in [0, 0.05) is 40.0 Å². The van der Waals surface area contributed by atoms with Gasteiger partial charge in [-0.3, -0.25) is 19.2 Å². The number of hydrogen-bond acceptors (Lipinski definition) is 12. The van der Waals surface area contributed by atoms with Crippen molar-refractivity contribution in [1.29, 1.82) is 0 Å². The minimum Gasteiger partial charge on any atom is -0.460 e. The van der Waals surface area contributed by atoms with Crippen LogP contribution in [0.5, 0.6) is 0 Å². The summed E-state index contributed by atoms with van der Waals surface area (Å²) in [5.41, 5.74) is -3.89. The van der Waals surface area contributed by atoms with Crippen molar-refractivity contribution in [1.82, 2.24) is 15.2 Å². The Labute approximate surface area is 323 Å². The molecule has 2 fully saturated rings. The van der Waals surface area contributed by atoms with Crippen molar-refractivity contribution in [2.45, 2.75) is 104 Å². The lowest BCUT2D eigenvalue weighted by Gasteiger charge is -2.51. The van der Waals surface area contributed by atoms with Crippen LogP contribution < -0.4 is 5.32 Å². The van der Waals surface area contributed by atoms with Gasteiger partial charge in [-0.05, 0) is 44.8 Å². The number of aliphatic hydroxyl groups is 1. The number of likely N-dealkylation sites (N-methyl/N-ethyl adjacent to an activating group) is 1. The van der Waals surface area contributed by atoms with Crippen LogP contribution in [-0.2, 0) is 49.3 Å². The number of oxazole rings is 1. The van der Waals surface area contributed by atoms with E-state index in [0.717, 1.165) is 5.76 Å². The summed E-state index contributed by atoms with van der Waals surface area (Å²) in [7, 11) is 2.87. The van der Waals surface area contributed by atoms with E-state index >= 15 is 0 Å². The third-order valence-electron chi connectivity index (χ3n) is 10.5. The van der Waals surface area contributed by atoms with Gasteiger partial charge in [0.05, 0.1) is 23.6 Å². The summed E-state index contributed by atoms with van der Waals surface area (Å²) in [5, 5.41) is 14.9. The maximum atomic E-state index is 13.4. The molecule has 1 aromatic rings. The van der Waals surface area contributed by atoms with E-state index in [-0.39, 0.29) is 38.3 Å². The predicted octanol–water partition coefficient (Wildman–Crippen LogP) is 4.35. The van der Waals surface area contributed by atoms with Crippen LogP contribution in [-0.4, -0.2) is 101 Å². The largest absolute Gasteiger partial charge is 0.460 e. The van der Waals surface area contributed by atoms with E-state index in [0.29, 0.717) is 12.0 Å². The van der Waals surface area contributed by atoms with E-state index in [9.17, 15) is 29.1 Å². The zero-order chi connectivity index (χ0) is 41.0. The molecule has 0 bridgehead atoms. The molecule has 0 unspecified atom stereocenters. The molecule has 1 spiro atoms. The fourth-order valence-electron chi connectivity index (χ4n) is 6.93. The van der Waals surface area contributed by atoms with E-state index in [1.165, 1.54) is 25.5 Å². The van der Waals surface area contributed by atoms with Gasteiger partial charge in [-0.2, -0.15) is 0 Å². The Morgan fingerprint density at radius 3 is 2.35 bits per heavy atom. The second-order valence-electron chi connectivity index (χ2n) is 14.5. The van der Waals surface area contributed by atoms with Crippen LogP contribution in [0.25, 0.3) is 0 Å².